The number of aliphatic hydroxyl groups excluding tert-OH is 1. The molecule has 6 heteroatoms. The molecule has 2 N–H and O–H groups in total. The molecule has 22 heavy (non-hydrogen) atoms. The Labute approximate surface area is 135 Å². The molecule has 0 radical (unpaired) electrons. The van der Waals surface area contributed by atoms with Crippen molar-refractivity contribution < 1.29 is 19.4 Å². The van der Waals surface area contributed by atoms with Gasteiger partial charge >= 0.3 is 5.97 Å². The highest BCUT2D eigenvalue weighted by atomic mass is 35.5. The van der Waals surface area contributed by atoms with Crippen molar-refractivity contribution in [3.05, 3.63) is 34.9 Å². The van der Waals surface area contributed by atoms with Gasteiger partial charge in [0.15, 0.2) is 0 Å². The van der Waals surface area contributed by atoms with Gasteiger partial charge in [0, 0.05) is 11.4 Å². The van der Waals surface area contributed by atoms with Gasteiger partial charge in [0.1, 0.15) is 12.1 Å². The summed E-state index contributed by atoms with van der Waals surface area (Å²) in [4.78, 5) is 23.8. The van der Waals surface area contributed by atoms with Gasteiger partial charge in [0.05, 0.1) is 7.11 Å². The summed E-state index contributed by atoms with van der Waals surface area (Å²) >= 11 is 6.07. The van der Waals surface area contributed by atoms with Crippen LogP contribution >= 0.6 is 11.6 Å². The quantitative estimate of drug-likeness (QED) is 0.751. The fourth-order valence-electron chi connectivity index (χ4n) is 2.04. The molecule has 2 atom stereocenters. The average molecular weight is 328 g/mol. The van der Waals surface area contributed by atoms with E-state index in [2.05, 4.69) is 5.32 Å². The third-order valence-electron chi connectivity index (χ3n) is 3.18. The molecule has 0 bridgehead atoms. The van der Waals surface area contributed by atoms with Crippen LogP contribution in [0.5, 0.6) is 0 Å². The molecule has 122 valence electrons. The molecule has 0 spiro atoms. The normalized spacial score (nSPS) is 13.5. The minimum atomic E-state index is -1.15. The van der Waals surface area contributed by atoms with Gasteiger partial charge in [-0.05, 0) is 24.0 Å². The Hall–Kier alpha value is -1.59. The summed E-state index contributed by atoms with van der Waals surface area (Å²) < 4.78 is 4.71. The molecule has 0 unspecified atom stereocenters. The van der Waals surface area contributed by atoms with Crippen molar-refractivity contribution in [1.82, 2.24) is 5.32 Å². The average Bonchev–Trinajstić information content (AvgIpc) is 2.47. The van der Waals surface area contributed by atoms with E-state index in [0.29, 0.717) is 11.4 Å². The maximum absolute atomic E-state index is 12.0. The van der Waals surface area contributed by atoms with Crippen LogP contribution in [-0.4, -0.2) is 36.2 Å². The molecule has 5 nitrogen and oxygen atoms in total. The standard InChI is InChI=1S/C16H22ClNO4/c1-10(2)8-14(19)15(20)18-13(16(21)22-3)9-11-6-4-5-7-12(11)17/h4-7,10,13-14,19H,8-9H2,1-3H3,(H,18,20)/t13-,14-/m0/s1. The van der Waals surface area contributed by atoms with E-state index in [9.17, 15) is 14.7 Å². The van der Waals surface area contributed by atoms with Gasteiger partial charge in [-0.2, -0.15) is 0 Å². The van der Waals surface area contributed by atoms with Crippen molar-refractivity contribution in [2.24, 2.45) is 5.92 Å². The predicted octanol–water partition coefficient (Wildman–Crippen LogP) is 1.95. The Morgan fingerprint density at radius 3 is 2.50 bits per heavy atom. The second-order valence-electron chi connectivity index (χ2n) is 5.53. The number of carbonyl (C=O) groups excluding carboxylic acids is 2. The Bertz CT molecular complexity index is 519. The van der Waals surface area contributed by atoms with Gasteiger partial charge < -0.3 is 15.2 Å². The van der Waals surface area contributed by atoms with Crippen molar-refractivity contribution in [3.8, 4) is 0 Å². The van der Waals surface area contributed by atoms with Crippen molar-refractivity contribution in [3.63, 3.8) is 0 Å². The Morgan fingerprint density at radius 2 is 1.95 bits per heavy atom. The lowest BCUT2D eigenvalue weighted by atomic mass is 10.0. The fourth-order valence-corrected chi connectivity index (χ4v) is 2.25. The van der Waals surface area contributed by atoms with E-state index in [0.717, 1.165) is 5.56 Å². The lowest BCUT2D eigenvalue weighted by Crippen LogP contribution is -2.47. The van der Waals surface area contributed by atoms with Crippen molar-refractivity contribution in [1.29, 1.82) is 0 Å². The van der Waals surface area contributed by atoms with E-state index in [1.807, 2.05) is 13.8 Å². The van der Waals surface area contributed by atoms with Crippen molar-refractivity contribution in [2.45, 2.75) is 38.8 Å². The number of benzene rings is 1. The number of aliphatic hydroxyl groups is 1. The van der Waals surface area contributed by atoms with Crippen molar-refractivity contribution in [2.75, 3.05) is 7.11 Å². The zero-order valence-electron chi connectivity index (χ0n) is 13.0. The number of nitrogens with one attached hydrogen (secondary N) is 1. The van der Waals surface area contributed by atoms with E-state index in [4.69, 9.17) is 16.3 Å². The Kier molecular flexibility index (Phi) is 7.35. The SMILES string of the molecule is COC(=O)[C@H](Cc1ccccc1Cl)NC(=O)[C@@H](O)CC(C)C. The summed E-state index contributed by atoms with van der Waals surface area (Å²) in [6, 6.07) is 6.17. The Balaban J connectivity index is 2.79. The molecule has 0 saturated carbocycles. The van der Waals surface area contributed by atoms with Gasteiger partial charge in [-0.15, -0.1) is 0 Å². The second-order valence-corrected chi connectivity index (χ2v) is 5.93. The third-order valence-corrected chi connectivity index (χ3v) is 3.55. The van der Waals surface area contributed by atoms with Crippen LogP contribution < -0.4 is 5.32 Å². The molecule has 0 aliphatic heterocycles. The van der Waals surface area contributed by atoms with Gasteiger partial charge in [0.2, 0.25) is 5.91 Å². The summed E-state index contributed by atoms with van der Waals surface area (Å²) in [6.07, 6.45) is -0.628. The maximum atomic E-state index is 12.0. The summed E-state index contributed by atoms with van der Waals surface area (Å²) in [5.74, 6) is -0.998. The molecule has 0 aliphatic carbocycles. The van der Waals surface area contributed by atoms with Gasteiger partial charge in [-0.25, -0.2) is 4.79 Å². The molecule has 1 amide bonds. The minimum Gasteiger partial charge on any atom is -0.467 e. The number of hydrogen-bond donors (Lipinski definition) is 2. The summed E-state index contributed by atoms with van der Waals surface area (Å²) in [5.41, 5.74) is 0.721. The topological polar surface area (TPSA) is 75.6 Å². The van der Waals surface area contributed by atoms with Crippen LogP contribution in [0.25, 0.3) is 0 Å². The van der Waals surface area contributed by atoms with E-state index >= 15 is 0 Å². The molecular formula is C16H22ClNO4. The molecule has 1 aromatic carbocycles. The van der Waals surface area contributed by atoms with E-state index in [1.54, 1.807) is 24.3 Å². The number of methoxy groups -OCH3 is 1. The fraction of sp³-hybridized carbons (Fsp3) is 0.500. The number of rotatable bonds is 7. The number of carbonyl (C=O) groups is 2. The highest BCUT2D eigenvalue weighted by Gasteiger charge is 2.26. The van der Waals surface area contributed by atoms with Crippen LogP contribution in [0.4, 0.5) is 0 Å². The first-order valence-electron chi connectivity index (χ1n) is 7.14. The molecule has 1 aromatic rings. The molecule has 0 saturated heterocycles. The number of esters is 1. The van der Waals surface area contributed by atoms with Gasteiger partial charge in [-0.1, -0.05) is 43.6 Å². The highest BCUT2D eigenvalue weighted by Crippen LogP contribution is 2.17. The first-order chi connectivity index (χ1) is 10.3. The van der Waals surface area contributed by atoms with Crippen LogP contribution in [0.15, 0.2) is 24.3 Å². The van der Waals surface area contributed by atoms with Crippen LogP contribution in [-0.2, 0) is 20.7 Å². The predicted molar refractivity (Wildman–Crippen MR) is 84.6 cm³/mol. The number of halogens is 1. The summed E-state index contributed by atoms with van der Waals surface area (Å²) in [7, 11) is 1.25. The molecular weight excluding hydrogens is 306 g/mol. The second kappa shape index (κ2) is 8.76. The van der Waals surface area contributed by atoms with Gasteiger partial charge in [-0.3, -0.25) is 4.79 Å². The number of amides is 1. The zero-order chi connectivity index (χ0) is 16.7. The first kappa shape index (κ1) is 18.5. The van der Waals surface area contributed by atoms with E-state index in [-0.39, 0.29) is 12.3 Å². The van der Waals surface area contributed by atoms with Crippen molar-refractivity contribution >= 4 is 23.5 Å². The number of hydrogen-bond acceptors (Lipinski definition) is 4. The van der Waals surface area contributed by atoms with Gasteiger partial charge in [0.25, 0.3) is 0 Å². The molecule has 0 fully saturated rings. The minimum absolute atomic E-state index is 0.167. The maximum Gasteiger partial charge on any atom is 0.328 e. The largest absolute Gasteiger partial charge is 0.467 e. The smallest absolute Gasteiger partial charge is 0.328 e. The van der Waals surface area contributed by atoms with Crippen LogP contribution in [0.2, 0.25) is 5.02 Å². The van der Waals surface area contributed by atoms with E-state index in [1.165, 1.54) is 7.11 Å². The number of ether oxygens (including phenoxy) is 1. The van der Waals surface area contributed by atoms with E-state index < -0.39 is 24.0 Å². The molecule has 0 aromatic heterocycles. The first-order valence-corrected chi connectivity index (χ1v) is 7.52. The van der Waals surface area contributed by atoms with Crippen LogP contribution in [0.3, 0.4) is 0 Å². The summed E-state index contributed by atoms with van der Waals surface area (Å²) in [5, 5.41) is 12.9. The lowest BCUT2D eigenvalue weighted by molar-refractivity contribution is -0.146. The van der Waals surface area contributed by atoms with Crippen LogP contribution in [0, 0.1) is 5.92 Å². The molecule has 0 aliphatic rings. The highest BCUT2D eigenvalue weighted by molar-refractivity contribution is 6.31. The Morgan fingerprint density at radius 1 is 1.32 bits per heavy atom. The third kappa shape index (κ3) is 5.66. The zero-order valence-corrected chi connectivity index (χ0v) is 13.8. The van der Waals surface area contributed by atoms with Crippen LogP contribution in [0.1, 0.15) is 25.8 Å². The molecule has 1 rings (SSSR count). The monoisotopic (exact) mass is 327 g/mol. The summed E-state index contributed by atoms with van der Waals surface area (Å²) in [6.45, 7) is 3.80. The molecule has 0 heterocycles. The lowest BCUT2D eigenvalue weighted by Gasteiger charge is -2.20.